The standard InChI is InChI=1S/C15H20N2O3S/c18-11-13(10-12-4-2-1-3-5-12)16-14(19)15(21)17-6-8-20-9-7-17/h1-5,13,18H,6-11H2,(H,16,19). The number of thiocarbonyl (C=S) groups is 1. The summed E-state index contributed by atoms with van der Waals surface area (Å²) in [7, 11) is 0. The molecule has 1 amide bonds. The first-order valence-corrected chi connectivity index (χ1v) is 7.44. The SMILES string of the molecule is O=C(NC(CO)Cc1ccccc1)C(=S)N1CCOCC1. The number of carbonyl (C=O) groups is 1. The highest BCUT2D eigenvalue weighted by molar-refractivity contribution is 7.82. The van der Waals surface area contributed by atoms with Crippen molar-refractivity contribution in [3.8, 4) is 0 Å². The molecule has 1 unspecified atom stereocenters. The molecule has 1 aromatic rings. The van der Waals surface area contributed by atoms with E-state index in [4.69, 9.17) is 17.0 Å². The molecule has 2 rings (SSSR count). The van der Waals surface area contributed by atoms with Crippen LogP contribution in [-0.2, 0) is 16.0 Å². The van der Waals surface area contributed by atoms with Gasteiger partial charge in [0.15, 0.2) is 4.99 Å². The zero-order valence-corrected chi connectivity index (χ0v) is 12.6. The van der Waals surface area contributed by atoms with Crippen molar-refractivity contribution in [2.75, 3.05) is 32.9 Å². The number of hydrogen-bond acceptors (Lipinski definition) is 4. The second-order valence-electron chi connectivity index (χ2n) is 4.95. The number of ether oxygens (including phenoxy) is 1. The summed E-state index contributed by atoms with van der Waals surface area (Å²) in [6, 6.07) is 9.40. The third-order valence-electron chi connectivity index (χ3n) is 3.37. The van der Waals surface area contributed by atoms with Crippen LogP contribution < -0.4 is 5.32 Å². The normalized spacial score (nSPS) is 16.3. The second-order valence-corrected chi connectivity index (χ2v) is 5.33. The minimum Gasteiger partial charge on any atom is -0.394 e. The van der Waals surface area contributed by atoms with Crippen molar-refractivity contribution in [3.63, 3.8) is 0 Å². The lowest BCUT2D eigenvalue weighted by Gasteiger charge is -2.29. The van der Waals surface area contributed by atoms with Crippen molar-refractivity contribution >= 4 is 23.1 Å². The molecule has 0 radical (unpaired) electrons. The molecule has 21 heavy (non-hydrogen) atoms. The van der Waals surface area contributed by atoms with Crippen LogP contribution in [0, 0.1) is 0 Å². The van der Waals surface area contributed by atoms with E-state index in [1.807, 2.05) is 35.2 Å². The maximum atomic E-state index is 12.2. The smallest absolute Gasteiger partial charge is 0.279 e. The van der Waals surface area contributed by atoms with Gasteiger partial charge in [0, 0.05) is 13.1 Å². The fraction of sp³-hybridized carbons (Fsp3) is 0.467. The van der Waals surface area contributed by atoms with Gasteiger partial charge in [0.1, 0.15) is 0 Å². The molecule has 0 saturated carbocycles. The molecule has 1 atom stereocenters. The molecule has 1 aromatic carbocycles. The molecule has 0 bridgehead atoms. The number of hydrogen-bond donors (Lipinski definition) is 2. The van der Waals surface area contributed by atoms with Crippen LogP contribution in [0.1, 0.15) is 5.56 Å². The van der Waals surface area contributed by atoms with Crippen LogP contribution in [0.5, 0.6) is 0 Å². The molecular formula is C15H20N2O3S. The number of amides is 1. The Morgan fingerprint density at radius 3 is 2.62 bits per heavy atom. The average molecular weight is 308 g/mol. The number of rotatable bonds is 4. The average Bonchev–Trinajstić information content (AvgIpc) is 2.55. The van der Waals surface area contributed by atoms with Crippen LogP contribution in [0.3, 0.4) is 0 Å². The van der Waals surface area contributed by atoms with E-state index in [1.165, 1.54) is 0 Å². The summed E-state index contributed by atoms with van der Waals surface area (Å²) in [4.78, 5) is 14.3. The number of carbonyl (C=O) groups excluding carboxylic acids is 1. The van der Waals surface area contributed by atoms with Crippen LogP contribution in [0.4, 0.5) is 0 Å². The van der Waals surface area contributed by atoms with Gasteiger partial charge in [-0.15, -0.1) is 0 Å². The van der Waals surface area contributed by atoms with E-state index >= 15 is 0 Å². The van der Waals surface area contributed by atoms with Gasteiger partial charge in [-0.3, -0.25) is 4.79 Å². The molecule has 2 N–H and O–H groups in total. The summed E-state index contributed by atoms with van der Waals surface area (Å²) >= 11 is 5.20. The third-order valence-corrected chi connectivity index (χ3v) is 3.82. The molecule has 0 spiro atoms. The second kappa shape index (κ2) is 8.07. The zero-order valence-electron chi connectivity index (χ0n) is 11.8. The van der Waals surface area contributed by atoms with Crippen molar-refractivity contribution in [2.24, 2.45) is 0 Å². The predicted molar refractivity (Wildman–Crippen MR) is 84.2 cm³/mol. The molecule has 0 aliphatic carbocycles. The molecule has 6 heteroatoms. The van der Waals surface area contributed by atoms with Crippen LogP contribution in [0.2, 0.25) is 0 Å². The van der Waals surface area contributed by atoms with Crippen LogP contribution in [-0.4, -0.2) is 59.9 Å². The lowest BCUT2D eigenvalue weighted by molar-refractivity contribution is -0.116. The number of aliphatic hydroxyl groups excluding tert-OH is 1. The van der Waals surface area contributed by atoms with Crippen LogP contribution in [0.25, 0.3) is 0 Å². The predicted octanol–water partition coefficient (Wildman–Crippen LogP) is 0.366. The molecule has 1 heterocycles. The van der Waals surface area contributed by atoms with E-state index in [0.717, 1.165) is 5.56 Å². The van der Waals surface area contributed by atoms with E-state index in [1.54, 1.807) is 0 Å². The minimum atomic E-state index is -0.334. The van der Waals surface area contributed by atoms with Gasteiger partial charge in [0.05, 0.1) is 25.9 Å². The lowest BCUT2D eigenvalue weighted by Crippen LogP contribution is -2.50. The third kappa shape index (κ3) is 4.77. The largest absolute Gasteiger partial charge is 0.394 e. The van der Waals surface area contributed by atoms with E-state index in [2.05, 4.69) is 5.32 Å². The van der Waals surface area contributed by atoms with Gasteiger partial charge in [-0.25, -0.2) is 0 Å². The van der Waals surface area contributed by atoms with Gasteiger partial charge >= 0.3 is 0 Å². The van der Waals surface area contributed by atoms with Gasteiger partial charge in [-0.05, 0) is 12.0 Å². The summed E-state index contributed by atoms with van der Waals surface area (Å²) in [5, 5.41) is 12.2. The summed E-state index contributed by atoms with van der Waals surface area (Å²) in [6.07, 6.45) is 0.578. The lowest BCUT2D eigenvalue weighted by atomic mass is 10.1. The Kier molecular flexibility index (Phi) is 6.10. The van der Waals surface area contributed by atoms with Gasteiger partial charge in [0.2, 0.25) is 0 Å². The van der Waals surface area contributed by atoms with E-state index < -0.39 is 0 Å². The van der Waals surface area contributed by atoms with E-state index in [9.17, 15) is 9.90 Å². The summed E-state index contributed by atoms with van der Waals surface area (Å²) < 4.78 is 5.24. The molecule has 0 aromatic heterocycles. The van der Waals surface area contributed by atoms with Crippen molar-refractivity contribution in [3.05, 3.63) is 35.9 Å². The van der Waals surface area contributed by atoms with Gasteiger partial charge in [-0.1, -0.05) is 42.5 Å². The Labute approximate surface area is 129 Å². The molecular weight excluding hydrogens is 288 g/mol. The molecule has 1 saturated heterocycles. The molecule has 5 nitrogen and oxygen atoms in total. The Balaban J connectivity index is 1.88. The van der Waals surface area contributed by atoms with Crippen molar-refractivity contribution in [1.29, 1.82) is 0 Å². The number of aliphatic hydroxyl groups is 1. The maximum Gasteiger partial charge on any atom is 0.279 e. The van der Waals surface area contributed by atoms with E-state index in [-0.39, 0.29) is 23.5 Å². The summed E-state index contributed by atoms with van der Waals surface area (Å²) in [6.45, 7) is 2.32. The number of nitrogens with zero attached hydrogens (tertiary/aromatic N) is 1. The van der Waals surface area contributed by atoms with Crippen molar-refractivity contribution in [1.82, 2.24) is 10.2 Å². The van der Waals surface area contributed by atoms with Crippen molar-refractivity contribution < 1.29 is 14.6 Å². The Bertz CT molecular complexity index is 475. The maximum absolute atomic E-state index is 12.2. The Morgan fingerprint density at radius 1 is 1.33 bits per heavy atom. The van der Waals surface area contributed by atoms with Crippen LogP contribution >= 0.6 is 12.2 Å². The van der Waals surface area contributed by atoms with Crippen LogP contribution in [0.15, 0.2) is 30.3 Å². The summed E-state index contributed by atoms with van der Waals surface area (Å²) in [5.74, 6) is -0.304. The van der Waals surface area contributed by atoms with Gasteiger partial charge in [-0.2, -0.15) is 0 Å². The first-order chi connectivity index (χ1) is 10.2. The quantitative estimate of drug-likeness (QED) is 0.787. The highest BCUT2D eigenvalue weighted by Crippen LogP contribution is 2.04. The van der Waals surface area contributed by atoms with Crippen molar-refractivity contribution in [2.45, 2.75) is 12.5 Å². The minimum absolute atomic E-state index is 0.119. The molecule has 1 aliphatic rings. The summed E-state index contributed by atoms with van der Waals surface area (Å²) in [5.41, 5.74) is 1.06. The zero-order chi connectivity index (χ0) is 15.1. The molecule has 114 valence electrons. The molecule has 1 fully saturated rings. The number of morpholine rings is 1. The first-order valence-electron chi connectivity index (χ1n) is 7.03. The Hall–Kier alpha value is -1.50. The fourth-order valence-corrected chi connectivity index (χ4v) is 2.46. The first kappa shape index (κ1) is 15.9. The highest BCUT2D eigenvalue weighted by Gasteiger charge is 2.22. The fourth-order valence-electron chi connectivity index (χ4n) is 2.22. The van der Waals surface area contributed by atoms with Gasteiger partial charge in [0.25, 0.3) is 5.91 Å². The number of nitrogens with one attached hydrogen (secondary N) is 1. The number of benzene rings is 1. The highest BCUT2D eigenvalue weighted by atomic mass is 32.1. The monoisotopic (exact) mass is 308 g/mol. The topological polar surface area (TPSA) is 61.8 Å². The Morgan fingerprint density at radius 2 is 2.00 bits per heavy atom. The van der Waals surface area contributed by atoms with Gasteiger partial charge < -0.3 is 20.1 Å². The molecule has 1 aliphatic heterocycles. The van der Waals surface area contributed by atoms with E-state index in [0.29, 0.717) is 32.7 Å².